The average Bonchev–Trinajstić information content (AvgIpc) is 2.41. The second kappa shape index (κ2) is 5.91. The molecule has 0 saturated carbocycles. The largest absolute Gasteiger partial charge is 0.322 e. The molecule has 2 aromatic carbocycles. The highest BCUT2D eigenvalue weighted by Gasteiger charge is 2.11. The zero-order valence-electron chi connectivity index (χ0n) is 11.6. The summed E-state index contributed by atoms with van der Waals surface area (Å²) in [5.41, 5.74) is 1.92. The van der Waals surface area contributed by atoms with Crippen LogP contribution in [0.2, 0.25) is 0 Å². The molecule has 0 fully saturated rings. The monoisotopic (exact) mass is 321 g/mol. The van der Waals surface area contributed by atoms with E-state index in [1.54, 1.807) is 18.2 Å². The maximum Gasteiger partial charge on any atom is 0.255 e. The first-order valence-electron chi connectivity index (χ1n) is 6.18. The van der Waals surface area contributed by atoms with Crippen LogP contribution in [0.3, 0.4) is 0 Å². The van der Waals surface area contributed by atoms with Gasteiger partial charge in [-0.15, -0.1) is 12.6 Å². The van der Waals surface area contributed by atoms with Gasteiger partial charge in [-0.1, -0.05) is 6.07 Å². The van der Waals surface area contributed by atoms with E-state index in [4.69, 9.17) is 0 Å². The van der Waals surface area contributed by atoms with Gasteiger partial charge in [-0.05, 0) is 48.9 Å². The molecule has 110 valence electrons. The number of hydrogen-bond donors (Lipinski definition) is 2. The van der Waals surface area contributed by atoms with Gasteiger partial charge in [0.2, 0.25) is 0 Å². The van der Waals surface area contributed by atoms with Crippen LogP contribution in [-0.4, -0.2) is 20.6 Å². The Balaban J connectivity index is 2.22. The first-order chi connectivity index (χ1) is 9.77. The molecule has 2 rings (SSSR count). The zero-order chi connectivity index (χ0) is 15.6. The predicted molar refractivity (Wildman–Crippen MR) is 85.9 cm³/mol. The van der Waals surface area contributed by atoms with Crippen molar-refractivity contribution in [3.63, 3.8) is 0 Å². The lowest BCUT2D eigenvalue weighted by molar-refractivity contribution is 0.102. The Morgan fingerprint density at radius 1 is 1.10 bits per heavy atom. The third-order valence-electron chi connectivity index (χ3n) is 3.01. The van der Waals surface area contributed by atoms with Gasteiger partial charge in [-0.25, -0.2) is 8.42 Å². The fourth-order valence-electron chi connectivity index (χ4n) is 1.84. The molecule has 0 heterocycles. The molecule has 0 atom stereocenters. The summed E-state index contributed by atoms with van der Waals surface area (Å²) < 4.78 is 22.7. The number of amides is 1. The Kier molecular flexibility index (Phi) is 4.39. The van der Waals surface area contributed by atoms with Crippen LogP contribution in [0.5, 0.6) is 0 Å². The summed E-state index contributed by atoms with van der Waals surface area (Å²) in [6.07, 6.45) is 1.14. The molecular weight excluding hydrogens is 306 g/mol. The molecule has 0 saturated heterocycles. The Morgan fingerprint density at radius 2 is 1.71 bits per heavy atom. The molecule has 0 aliphatic rings. The number of carbonyl (C=O) groups excluding carboxylic acids is 1. The van der Waals surface area contributed by atoms with Crippen LogP contribution >= 0.6 is 12.6 Å². The van der Waals surface area contributed by atoms with Gasteiger partial charge in [0.05, 0.1) is 4.90 Å². The first-order valence-corrected chi connectivity index (χ1v) is 8.52. The third-order valence-corrected chi connectivity index (χ3v) is 4.41. The molecule has 0 bridgehead atoms. The van der Waals surface area contributed by atoms with Gasteiger partial charge in [0.25, 0.3) is 5.91 Å². The molecular formula is C15H15NO3S2. The normalized spacial score (nSPS) is 11.2. The lowest BCUT2D eigenvalue weighted by atomic mass is 10.1. The molecule has 1 amide bonds. The SMILES string of the molecule is Cc1ccc(S)cc1C(=O)Nc1ccc(S(C)(=O)=O)cc1. The smallest absolute Gasteiger partial charge is 0.255 e. The zero-order valence-corrected chi connectivity index (χ0v) is 13.3. The maximum atomic E-state index is 12.2. The number of carbonyl (C=O) groups is 1. The lowest BCUT2D eigenvalue weighted by Gasteiger charge is -2.09. The summed E-state index contributed by atoms with van der Waals surface area (Å²) >= 11 is 4.22. The molecule has 2 aromatic rings. The predicted octanol–water partition coefficient (Wildman–Crippen LogP) is 2.94. The van der Waals surface area contributed by atoms with E-state index in [0.29, 0.717) is 16.1 Å². The minimum atomic E-state index is -3.24. The average molecular weight is 321 g/mol. The Bertz CT molecular complexity index is 781. The van der Waals surface area contributed by atoms with Crippen LogP contribution < -0.4 is 5.32 Å². The van der Waals surface area contributed by atoms with Crippen molar-refractivity contribution < 1.29 is 13.2 Å². The number of nitrogens with one attached hydrogen (secondary N) is 1. The number of hydrogen-bond acceptors (Lipinski definition) is 4. The van der Waals surface area contributed by atoms with Gasteiger partial charge in [0, 0.05) is 22.4 Å². The van der Waals surface area contributed by atoms with Crippen molar-refractivity contribution in [2.75, 3.05) is 11.6 Å². The second-order valence-electron chi connectivity index (χ2n) is 4.75. The number of anilines is 1. The van der Waals surface area contributed by atoms with Crippen LogP contribution in [-0.2, 0) is 9.84 Å². The van der Waals surface area contributed by atoms with Crippen molar-refractivity contribution in [3.8, 4) is 0 Å². The van der Waals surface area contributed by atoms with E-state index < -0.39 is 9.84 Å². The summed E-state index contributed by atoms with van der Waals surface area (Å²) in [7, 11) is -3.24. The maximum absolute atomic E-state index is 12.2. The highest BCUT2D eigenvalue weighted by atomic mass is 32.2. The first kappa shape index (κ1) is 15.6. The van der Waals surface area contributed by atoms with Crippen molar-refractivity contribution in [1.29, 1.82) is 0 Å². The minimum absolute atomic E-state index is 0.217. The van der Waals surface area contributed by atoms with Gasteiger partial charge in [0.1, 0.15) is 0 Å². The number of rotatable bonds is 3. The number of sulfone groups is 1. The molecule has 0 aromatic heterocycles. The van der Waals surface area contributed by atoms with Gasteiger partial charge in [0.15, 0.2) is 9.84 Å². The number of thiol groups is 1. The summed E-state index contributed by atoms with van der Waals surface area (Å²) in [6, 6.07) is 11.4. The molecule has 4 nitrogen and oxygen atoms in total. The fourth-order valence-corrected chi connectivity index (χ4v) is 2.67. The second-order valence-corrected chi connectivity index (χ2v) is 7.28. The van der Waals surface area contributed by atoms with Crippen LogP contribution in [0, 0.1) is 6.92 Å². The van der Waals surface area contributed by atoms with Gasteiger partial charge < -0.3 is 5.32 Å². The van der Waals surface area contributed by atoms with Crippen LogP contribution in [0.15, 0.2) is 52.3 Å². The highest BCUT2D eigenvalue weighted by molar-refractivity contribution is 7.90. The molecule has 0 unspecified atom stereocenters. The van der Waals surface area contributed by atoms with Crippen molar-refractivity contribution in [2.45, 2.75) is 16.7 Å². The minimum Gasteiger partial charge on any atom is -0.322 e. The molecule has 0 aliphatic carbocycles. The Labute approximate surface area is 129 Å². The highest BCUT2D eigenvalue weighted by Crippen LogP contribution is 2.18. The molecule has 0 aliphatic heterocycles. The number of aryl methyl sites for hydroxylation is 1. The van der Waals surface area contributed by atoms with Crippen molar-refractivity contribution >= 4 is 34.1 Å². The van der Waals surface area contributed by atoms with Crippen molar-refractivity contribution in [3.05, 3.63) is 53.6 Å². The summed E-state index contributed by atoms with van der Waals surface area (Å²) in [5.74, 6) is -0.254. The van der Waals surface area contributed by atoms with Crippen molar-refractivity contribution in [2.24, 2.45) is 0 Å². The van der Waals surface area contributed by atoms with E-state index in [0.717, 1.165) is 11.8 Å². The summed E-state index contributed by atoms with van der Waals surface area (Å²) in [6.45, 7) is 1.84. The van der Waals surface area contributed by atoms with E-state index in [1.165, 1.54) is 12.1 Å². The molecule has 1 N–H and O–H groups in total. The van der Waals surface area contributed by atoms with Gasteiger partial charge >= 0.3 is 0 Å². The Morgan fingerprint density at radius 3 is 2.29 bits per heavy atom. The standard InChI is InChI=1S/C15H15NO3S2/c1-10-3-6-12(20)9-14(10)15(17)16-11-4-7-13(8-5-11)21(2,18)19/h3-9,20H,1-2H3,(H,16,17). The lowest BCUT2D eigenvalue weighted by Crippen LogP contribution is -2.13. The summed E-state index contributed by atoms with van der Waals surface area (Å²) in [5, 5.41) is 2.74. The molecule has 0 spiro atoms. The van der Waals surface area contributed by atoms with E-state index in [2.05, 4.69) is 17.9 Å². The van der Waals surface area contributed by atoms with E-state index in [9.17, 15) is 13.2 Å². The summed E-state index contributed by atoms with van der Waals surface area (Å²) in [4.78, 5) is 13.1. The van der Waals surface area contributed by atoms with Gasteiger partial charge in [-0.2, -0.15) is 0 Å². The topological polar surface area (TPSA) is 63.2 Å². The van der Waals surface area contributed by atoms with E-state index in [1.807, 2.05) is 19.1 Å². The fraction of sp³-hybridized carbons (Fsp3) is 0.133. The van der Waals surface area contributed by atoms with Crippen LogP contribution in [0.1, 0.15) is 15.9 Å². The van der Waals surface area contributed by atoms with Crippen LogP contribution in [0.4, 0.5) is 5.69 Å². The van der Waals surface area contributed by atoms with Crippen molar-refractivity contribution in [1.82, 2.24) is 0 Å². The molecule has 21 heavy (non-hydrogen) atoms. The molecule has 0 radical (unpaired) electrons. The van der Waals surface area contributed by atoms with E-state index >= 15 is 0 Å². The third kappa shape index (κ3) is 3.86. The quantitative estimate of drug-likeness (QED) is 0.854. The van der Waals surface area contributed by atoms with Crippen LogP contribution in [0.25, 0.3) is 0 Å². The molecule has 6 heteroatoms. The Hall–Kier alpha value is -1.79. The van der Waals surface area contributed by atoms with E-state index in [-0.39, 0.29) is 10.8 Å². The number of benzene rings is 2. The van der Waals surface area contributed by atoms with Gasteiger partial charge in [-0.3, -0.25) is 4.79 Å².